The molecule has 2 aromatic rings. The number of carbonyl (C=O) groups is 3. The average molecular weight is 330 g/mol. The zero-order chi connectivity index (χ0) is 16.4. The summed E-state index contributed by atoms with van der Waals surface area (Å²) in [5, 5.41) is 10.0. The molecule has 2 heterocycles. The van der Waals surface area contributed by atoms with Crippen LogP contribution in [0.3, 0.4) is 0 Å². The second kappa shape index (κ2) is 6.17. The number of benzene rings is 1. The number of aromatic nitrogens is 1. The van der Waals surface area contributed by atoms with E-state index in [-0.39, 0.29) is 12.3 Å². The van der Waals surface area contributed by atoms with Gasteiger partial charge in [0.15, 0.2) is 0 Å². The summed E-state index contributed by atoms with van der Waals surface area (Å²) in [6.07, 6.45) is -0.113. The summed E-state index contributed by atoms with van der Waals surface area (Å²) in [6, 6.07) is 5.92. The Hall–Kier alpha value is -2.74. The van der Waals surface area contributed by atoms with Gasteiger partial charge in [0, 0.05) is 22.3 Å². The summed E-state index contributed by atoms with van der Waals surface area (Å²) < 4.78 is 0. The molecule has 1 aliphatic heterocycles. The normalized spacial score (nSPS) is 16.8. The van der Waals surface area contributed by atoms with Gasteiger partial charge in [-0.05, 0) is 19.1 Å². The molecule has 3 rings (SSSR count). The standard InChI is InChI=1S/C15H14N4O3S/c1-8-7-23-14(16-8)9-3-2-4-10(5-9)17-12(20)6-11-13(21)19-15(22)18-11/h2-5,7,11H,6H2,1H3,(H,17,20)(H2,18,19,21,22)/t11-/m1/s1. The van der Waals surface area contributed by atoms with Crippen molar-refractivity contribution in [1.82, 2.24) is 15.6 Å². The Morgan fingerprint density at radius 2 is 2.22 bits per heavy atom. The molecule has 8 heteroatoms. The van der Waals surface area contributed by atoms with Crippen molar-refractivity contribution < 1.29 is 14.4 Å². The van der Waals surface area contributed by atoms with E-state index in [9.17, 15) is 14.4 Å². The summed E-state index contributed by atoms with van der Waals surface area (Å²) in [6.45, 7) is 1.92. The van der Waals surface area contributed by atoms with Crippen LogP contribution in [0, 0.1) is 6.92 Å². The van der Waals surface area contributed by atoms with Gasteiger partial charge in [-0.25, -0.2) is 9.78 Å². The number of nitrogens with zero attached hydrogens (tertiary/aromatic N) is 1. The van der Waals surface area contributed by atoms with Crippen molar-refractivity contribution in [2.45, 2.75) is 19.4 Å². The highest BCUT2D eigenvalue weighted by Crippen LogP contribution is 2.25. The number of rotatable bonds is 4. The SMILES string of the molecule is Cc1csc(-c2cccc(NC(=O)C[C@H]3NC(=O)NC3=O)c2)n1. The maximum atomic E-state index is 12.0. The van der Waals surface area contributed by atoms with Crippen LogP contribution < -0.4 is 16.0 Å². The summed E-state index contributed by atoms with van der Waals surface area (Å²) in [7, 11) is 0. The second-order valence-electron chi connectivity index (χ2n) is 5.14. The van der Waals surface area contributed by atoms with Crippen LogP contribution in [0.15, 0.2) is 29.6 Å². The van der Waals surface area contributed by atoms with E-state index in [0.29, 0.717) is 5.69 Å². The monoisotopic (exact) mass is 330 g/mol. The number of hydrogen-bond donors (Lipinski definition) is 3. The number of nitrogens with one attached hydrogen (secondary N) is 3. The van der Waals surface area contributed by atoms with E-state index in [4.69, 9.17) is 0 Å². The van der Waals surface area contributed by atoms with Crippen LogP contribution in [-0.2, 0) is 9.59 Å². The zero-order valence-corrected chi connectivity index (χ0v) is 13.1. The van der Waals surface area contributed by atoms with Gasteiger partial charge < -0.3 is 10.6 Å². The Labute approximate surface area is 136 Å². The third-order valence-electron chi connectivity index (χ3n) is 3.26. The highest BCUT2D eigenvalue weighted by molar-refractivity contribution is 7.13. The fourth-order valence-electron chi connectivity index (χ4n) is 2.22. The summed E-state index contributed by atoms with van der Waals surface area (Å²) in [5.74, 6) is -0.836. The molecule has 1 fully saturated rings. The molecule has 4 amide bonds. The Morgan fingerprint density at radius 3 is 2.87 bits per heavy atom. The zero-order valence-electron chi connectivity index (χ0n) is 12.3. The van der Waals surface area contributed by atoms with Gasteiger partial charge in [-0.3, -0.25) is 14.9 Å². The predicted molar refractivity (Wildman–Crippen MR) is 86.0 cm³/mol. The Bertz CT molecular complexity index is 787. The van der Waals surface area contributed by atoms with Crippen molar-refractivity contribution in [1.29, 1.82) is 0 Å². The third kappa shape index (κ3) is 3.54. The van der Waals surface area contributed by atoms with Gasteiger partial charge in [-0.1, -0.05) is 12.1 Å². The van der Waals surface area contributed by atoms with Crippen LogP contribution in [0.1, 0.15) is 12.1 Å². The first kappa shape index (κ1) is 15.2. The minimum absolute atomic E-state index is 0.113. The first-order valence-corrected chi connectivity index (χ1v) is 7.83. The number of thiazole rings is 1. The van der Waals surface area contributed by atoms with Crippen LogP contribution >= 0.6 is 11.3 Å². The van der Waals surface area contributed by atoms with Crippen LogP contribution in [0.2, 0.25) is 0 Å². The summed E-state index contributed by atoms with van der Waals surface area (Å²) in [5.41, 5.74) is 2.47. The lowest BCUT2D eigenvalue weighted by molar-refractivity contribution is -0.124. The van der Waals surface area contributed by atoms with Crippen LogP contribution in [0.4, 0.5) is 10.5 Å². The molecule has 3 N–H and O–H groups in total. The maximum Gasteiger partial charge on any atom is 0.322 e. The molecule has 1 aliphatic rings. The molecule has 7 nitrogen and oxygen atoms in total. The fourth-order valence-corrected chi connectivity index (χ4v) is 3.01. The first-order chi connectivity index (χ1) is 11.0. The van der Waals surface area contributed by atoms with Crippen molar-refractivity contribution in [3.05, 3.63) is 35.3 Å². The number of amides is 4. The van der Waals surface area contributed by atoms with Gasteiger partial charge in [0.05, 0.1) is 6.42 Å². The molecule has 0 unspecified atom stereocenters. The number of anilines is 1. The van der Waals surface area contributed by atoms with Crippen molar-refractivity contribution in [3.8, 4) is 10.6 Å². The predicted octanol–water partition coefficient (Wildman–Crippen LogP) is 1.66. The van der Waals surface area contributed by atoms with Gasteiger partial charge in [0.2, 0.25) is 5.91 Å². The number of hydrogen-bond acceptors (Lipinski definition) is 5. The number of urea groups is 1. The van der Waals surface area contributed by atoms with Crippen molar-refractivity contribution in [3.63, 3.8) is 0 Å². The van der Waals surface area contributed by atoms with Gasteiger partial charge in [0.25, 0.3) is 5.91 Å². The molecule has 0 bridgehead atoms. The highest BCUT2D eigenvalue weighted by atomic mass is 32.1. The van der Waals surface area contributed by atoms with E-state index in [1.54, 1.807) is 6.07 Å². The molecular formula is C15H14N4O3S. The molecule has 118 valence electrons. The first-order valence-electron chi connectivity index (χ1n) is 6.95. The molecule has 0 radical (unpaired) electrons. The van der Waals surface area contributed by atoms with Crippen LogP contribution in [0.25, 0.3) is 10.6 Å². The molecule has 0 aliphatic carbocycles. The molecule has 1 aromatic heterocycles. The molecule has 1 aromatic carbocycles. The summed E-state index contributed by atoms with van der Waals surface area (Å²) >= 11 is 1.53. The van der Waals surface area contributed by atoms with E-state index in [1.165, 1.54) is 11.3 Å². The second-order valence-corrected chi connectivity index (χ2v) is 6.00. The van der Waals surface area contributed by atoms with Gasteiger partial charge in [-0.15, -0.1) is 11.3 Å². The topological polar surface area (TPSA) is 100 Å². The minimum Gasteiger partial charge on any atom is -0.326 e. The Balaban J connectivity index is 1.67. The average Bonchev–Trinajstić information content (AvgIpc) is 3.05. The molecule has 0 saturated carbocycles. The van der Waals surface area contributed by atoms with E-state index < -0.39 is 18.0 Å². The number of aryl methyl sites for hydroxylation is 1. The smallest absolute Gasteiger partial charge is 0.322 e. The van der Waals surface area contributed by atoms with E-state index in [1.807, 2.05) is 30.5 Å². The molecule has 1 atom stereocenters. The van der Waals surface area contributed by atoms with E-state index in [0.717, 1.165) is 16.3 Å². The van der Waals surface area contributed by atoms with E-state index in [2.05, 4.69) is 20.9 Å². The Kier molecular flexibility index (Phi) is 4.07. The van der Waals surface area contributed by atoms with Gasteiger partial charge >= 0.3 is 6.03 Å². The van der Waals surface area contributed by atoms with Crippen LogP contribution in [0.5, 0.6) is 0 Å². The minimum atomic E-state index is -0.827. The van der Waals surface area contributed by atoms with Crippen LogP contribution in [-0.4, -0.2) is 28.9 Å². The maximum absolute atomic E-state index is 12.0. The van der Waals surface area contributed by atoms with Gasteiger partial charge in [-0.2, -0.15) is 0 Å². The summed E-state index contributed by atoms with van der Waals surface area (Å²) in [4.78, 5) is 38.9. The lowest BCUT2D eigenvalue weighted by Gasteiger charge is -2.09. The lowest BCUT2D eigenvalue weighted by atomic mass is 10.1. The number of carbonyl (C=O) groups excluding carboxylic acids is 3. The van der Waals surface area contributed by atoms with Gasteiger partial charge in [0.1, 0.15) is 11.0 Å². The van der Waals surface area contributed by atoms with Crippen molar-refractivity contribution >= 4 is 34.9 Å². The molecule has 0 spiro atoms. The van der Waals surface area contributed by atoms with Crippen molar-refractivity contribution in [2.24, 2.45) is 0 Å². The highest BCUT2D eigenvalue weighted by Gasteiger charge is 2.31. The quantitative estimate of drug-likeness (QED) is 0.742. The largest absolute Gasteiger partial charge is 0.326 e. The number of imide groups is 1. The molecule has 1 saturated heterocycles. The van der Waals surface area contributed by atoms with E-state index >= 15 is 0 Å². The Morgan fingerprint density at radius 1 is 1.39 bits per heavy atom. The lowest BCUT2D eigenvalue weighted by Crippen LogP contribution is -2.33. The fraction of sp³-hybridized carbons (Fsp3) is 0.200. The third-order valence-corrected chi connectivity index (χ3v) is 4.27. The van der Waals surface area contributed by atoms with Crippen molar-refractivity contribution in [2.75, 3.05) is 5.32 Å². The molecular weight excluding hydrogens is 316 g/mol. The molecule has 23 heavy (non-hydrogen) atoms.